The Morgan fingerprint density at radius 1 is 1.21 bits per heavy atom. The maximum Gasteiger partial charge on any atom is 0.0722 e. The molecule has 0 bridgehead atoms. The molecule has 0 saturated heterocycles. The SMILES string of the molecule is CC(C)CN(CCCN)c1ccnc2ccccc12. The van der Waals surface area contributed by atoms with Crippen molar-refractivity contribution < 1.29 is 0 Å². The Morgan fingerprint density at radius 3 is 2.74 bits per heavy atom. The van der Waals surface area contributed by atoms with Gasteiger partial charge in [-0.25, -0.2) is 0 Å². The summed E-state index contributed by atoms with van der Waals surface area (Å²) in [5.74, 6) is 0.629. The minimum atomic E-state index is 0.629. The third-order valence-electron chi connectivity index (χ3n) is 3.18. The van der Waals surface area contributed by atoms with E-state index in [-0.39, 0.29) is 0 Å². The van der Waals surface area contributed by atoms with Gasteiger partial charge in [-0.05, 0) is 31.0 Å². The smallest absolute Gasteiger partial charge is 0.0722 e. The second-order valence-electron chi connectivity index (χ2n) is 5.33. The molecular formula is C16H23N3. The predicted octanol–water partition coefficient (Wildman–Crippen LogP) is 3.05. The van der Waals surface area contributed by atoms with Gasteiger partial charge in [0, 0.05) is 30.4 Å². The number of hydrogen-bond donors (Lipinski definition) is 1. The maximum atomic E-state index is 5.66. The number of anilines is 1. The van der Waals surface area contributed by atoms with Gasteiger partial charge in [-0.15, -0.1) is 0 Å². The number of nitrogens with two attached hydrogens (primary N) is 1. The van der Waals surface area contributed by atoms with E-state index in [1.807, 2.05) is 12.3 Å². The van der Waals surface area contributed by atoms with Gasteiger partial charge in [-0.2, -0.15) is 0 Å². The van der Waals surface area contributed by atoms with Crippen LogP contribution in [0.4, 0.5) is 5.69 Å². The van der Waals surface area contributed by atoms with Crippen molar-refractivity contribution >= 4 is 16.6 Å². The second-order valence-corrected chi connectivity index (χ2v) is 5.33. The first-order chi connectivity index (χ1) is 9.22. The Kier molecular flexibility index (Phi) is 4.74. The van der Waals surface area contributed by atoms with Crippen LogP contribution in [0.15, 0.2) is 36.5 Å². The minimum Gasteiger partial charge on any atom is -0.371 e. The van der Waals surface area contributed by atoms with Crippen molar-refractivity contribution in [2.75, 3.05) is 24.5 Å². The quantitative estimate of drug-likeness (QED) is 0.865. The number of nitrogens with zero attached hydrogens (tertiary/aromatic N) is 2. The highest BCUT2D eigenvalue weighted by molar-refractivity contribution is 5.91. The fourth-order valence-corrected chi connectivity index (χ4v) is 2.39. The maximum absolute atomic E-state index is 5.66. The molecule has 102 valence electrons. The van der Waals surface area contributed by atoms with Crippen molar-refractivity contribution in [3.05, 3.63) is 36.5 Å². The highest BCUT2D eigenvalue weighted by Crippen LogP contribution is 2.25. The summed E-state index contributed by atoms with van der Waals surface area (Å²) in [4.78, 5) is 6.86. The monoisotopic (exact) mass is 257 g/mol. The fourth-order valence-electron chi connectivity index (χ4n) is 2.39. The van der Waals surface area contributed by atoms with Gasteiger partial charge in [0.15, 0.2) is 0 Å². The van der Waals surface area contributed by atoms with Gasteiger partial charge < -0.3 is 10.6 Å². The van der Waals surface area contributed by atoms with E-state index in [1.54, 1.807) is 0 Å². The number of rotatable bonds is 6. The van der Waals surface area contributed by atoms with E-state index < -0.39 is 0 Å². The van der Waals surface area contributed by atoms with Crippen molar-refractivity contribution in [3.8, 4) is 0 Å². The molecule has 19 heavy (non-hydrogen) atoms. The minimum absolute atomic E-state index is 0.629. The second kappa shape index (κ2) is 6.53. The molecule has 0 atom stereocenters. The van der Waals surface area contributed by atoms with Crippen LogP contribution in [0.3, 0.4) is 0 Å². The molecule has 0 aliphatic heterocycles. The molecule has 2 aromatic rings. The molecule has 1 heterocycles. The highest BCUT2D eigenvalue weighted by Gasteiger charge is 2.11. The predicted molar refractivity (Wildman–Crippen MR) is 82.5 cm³/mol. The molecule has 3 nitrogen and oxygen atoms in total. The van der Waals surface area contributed by atoms with Crippen LogP contribution in [0.1, 0.15) is 20.3 Å². The standard InChI is InChI=1S/C16H23N3/c1-13(2)12-19(11-5-9-17)16-8-10-18-15-7-4-3-6-14(15)16/h3-4,6-8,10,13H,5,9,11-12,17H2,1-2H3. The lowest BCUT2D eigenvalue weighted by atomic mass is 10.1. The van der Waals surface area contributed by atoms with Crippen LogP contribution < -0.4 is 10.6 Å². The van der Waals surface area contributed by atoms with E-state index in [2.05, 4.69) is 48.0 Å². The van der Waals surface area contributed by atoms with Crippen LogP contribution in [0.5, 0.6) is 0 Å². The zero-order valence-corrected chi connectivity index (χ0v) is 11.8. The molecule has 0 aliphatic rings. The number of hydrogen-bond acceptors (Lipinski definition) is 3. The third-order valence-corrected chi connectivity index (χ3v) is 3.18. The third kappa shape index (κ3) is 3.44. The summed E-state index contributed by atoms with van der Waals surface area (Å²) in [5, 5.41) is 1.22. The molecule has 0 spiro atoms. The van der Waals surface area contributed by atoms with Crippen LogP contribution in [-0.2, 0) is 0 Å². The molecule has 0 aliphatic carbocycles. The largest absolute Gasteiger partial charge is 0.371 e. The first kappa shape index (κ1) is 13.8. The zero-order chi connectivity index (χ0) is 13.7. The van der Waals surface area contributed by atoms with Crippen molar-refractivity contribution in [1.82, 2.24) is 4.98 Å². The zero-order valence-electron chi connectivity index (χ0n) is 11.8. The Morgan fingerprint density at radius 2 is 2.00 bits per heavy atom. The number of pyridine rings is 1. The van der Waals surface area contributed by atoms with E-state index >= 15 is 0 Å². The molecular weight excluding hydrogens is 234 g/mol. The van der Waals surface area contributed by atoms with Gasteiger partial charge in [-0.3, -0.25) is 4.98 Å². The van der Waals surface area contributed by atoms with Crippen LogP contribution in [-0.4, -0.2) is 24.6 Å². The summed E-state index contributed by atoms with van der Waals surface area (Å²) < 4.78 is 0. The van der Waals surface area contributed by atoms with Crippen LogP contribution in [0.25, 0.3) is 10.9 Å². The summed E-state index contributed by atoms with van der Waals surface area (Å²) in [6.45, 7) is 7.28. The van der Waals surface area contributed by atoms with Gasteiger partial charge in [-0.1, -0.05) is 32.0 Å². The number of fused-ring (bicyclic) bond motifs is 1. The Labute approximate surface area is 115 Å². The summed E-state index contributed by atoms with van der Waals surface area (Å²) in [5.41, 5.74) is 7.99. The number of aromatic nitrogens is 1. The Balaban J connectivity index is 2.37. The van der Waals surface area contributed by atoms with Crippen molar-refractivity contribution in [3.63, 3.8) is 0 Å². The first-order valence-corrected chi connectivity index (χ1v) is 7.01. The summed E-state index contributed by atoms with van der Waals surface area (Å²) in [7, 11) is 0. The molecule has 2 N–H and O–H groups in total. The fraction of sp³-hybridized carbons (Fsp3) is 0.438. The van der Waals surface area contributed by atoms with Crippen molar-refractivity contribution in [1.29, 1.82) is 0 Å². The molecule has 0 amide bonds. The molecule has 1 aromatic heterocycles. The molecule has 0 saturated carbocycles. The van der Waals surface area contributed by atoms with E-state index in [1.165, 1.54) is 11.1 Å². The molecule has 0 unspecified atom stereocenters. The summed E-state index contributed by atoms with van der Waals surface area (Å²) in [6, 6.07) is 10.4. The topological polar surface area (TPSA) is 42.1 Å². The number of benzene rings is 1. The van der Waals surface area contributed by atoms with Crippen molar-refractivity contribution in [2.45, 2.75) is 20.3 Å². The van der Waals surface area contributed by atoms with Gasteiger partial charge in [0.25, 0.3) is 0 Å². The van der Waals surface area contributed by atoms with E-state index in [0.29, 0.717) is 5.92 Å². The van der Waals surface area contributed by atoms with Gasteiger partial charge in [0.05, 0.1) is 5.52 Å². The van der Waals surface area contributed by atoms with E-state index in [0.717, 1.165) is 31.6 Å². The molecule has 3 heteroatoms. The number of para-hydroxylation sites is 1. The summed E-state index contributed by atoms with van der Waals surface area (Å²) in [6.07, 6.45) is 2.91. The van der Waals surface area contributed by atoms with Crippen LogP contribution >= 0.6 is 0 Å². The average Bonchev–Trinajstić information content (AvgIpc) is 2.42. The lowest BCUT2D eigenvalue weighted by molar-refractivity contribution is 0.602. The Hall–Kier alpha value is -1.61. The average molecular weight is 257 g/mol. The highest BCUT2D eigenvalue weighted by atomic mass is 15.1. The normalized spacial score (nSPS) is 11.2. The molecule has 2 rings (SSSR count). The van der Waals surface area contributed by atoms with Gasteiger partial charge in [0.2, 0.25) is 0 Å². The van der Waals surface area contributed by atoms with Crippen LogP contribution in [0.2, 0.25) is 0 Å². The molecule has 1 aromatic carbocycles. The molecule has 0 fully saturated rings. The van der Waals surface area contributed by atoms with E-state index in [4.69, 9.17) is 5.73 Å². The first-order valence-electron chi connectivity index (χ1n) is 7.01. The van der Waals surface area contributed by atoms with Crippen LogP contribution in [0, 0.1) is 5.92 Å². The van der Waals surface area contributed by atoms with E-state index in [9.17, 15) is 0 Å². The summed E-state index contributed by atoms with van der Waals surface area (Å²) >= 11 is 0. The lowest BCUT2D eigenvalue weighted by Gasteiger charge is -2.27. The molecule has 0 radical (unpaired) electrons. The van der Waals surface area contributed by atoms with Gasteiger partial charge in [0.1, 0.15) is 0 Å². The van der Waals surface area contributed by atoms with Crippen molar-refractivity contribution in [2.24, 2.45) is 11.7 Å². The Bertz CT molecular complexity index is 517. The van der Waals surface area contributed by atoms with Gasteiger partial charge >= 0.3 is 0 Å². The lowest BCUT2D eigenvalue weighted by Crippen LogP contribution is -2.30.